The third kappa shape index (κ3) is 4.68. The first kappa shape index (κ1) is 22.1. The highest BCUT2D eigenvalue weighted by Gasteiger charge is 2.31. The topological polar surface area (TPSA) is 47.2 Å². The number of para-hydroxylation sites is 1. The zero-order chi connectivity index (χ0) is 22.6. The molecule has 1 unspecified atom stereocenters. The van der Waals surface area contributed by atoms with Crippen LogP contribution in [0.15, 0.2) is 55.3 Å². The molecular formula is C27H34FN5. The van der Waals surface area contributed by atoms with Gasteiger partial charge in [-0.1, -0.05) is 30.3 Å². The van der Waals surface area contributed by atoms with Gasteiger partial charge >= 0.3 is 0 Å². The molecule has 6 heteroatoms. The Morgan fingerprint density at radius 3 is 2.88 bits per heavy atom. The first-order chi connectivity index (χ1) is 16.3. The minimum absolute atomic E-state index is 0.171. The fourth-order valence-corrected chi connectivity index (χ4v) is 5.42. The van der Waals surface area contributed by atoms with Gasteiger partial charge in [-0.15, -0.1) is 6.58 Å². The Bertz CT molecular complexity index is 1080. The summed E-state index contributed by atoms with van der Waals surface area (Å²) in [7, 11) is 0. The summed E-state index contributed by atoms with van der Waals surface area (Å²) in [5.41, 5.74) is 5.15. The van der Waals surface area contributed by atoms with Gasteiger partial charge in [-0.2, -0.15) is 0 Å². The van der Waals surface area contributed by atoms with Gasteiger partial charge in [-0.3, -0.25) is 9.29 Å². The number of rotatable bonds is 9. The maximum absolute atomic E-state index is 12.8. The van der Waals surface area contributed by atoms with E-state index in [0.29, 0.717) is 0 Å². The van der Waals surface area contributed by atoms with Gasteiger partial charge in [-0.25, -0.2) is 4.98 Å². The number of anilines is 1. The predicted octanol–water partition coefficient (Wildman–Crippen LogP) is 4.79. The maximum atomic E-state index is 12.8. The number of benzene rings is 1. The molecule has 33 heavy (non-hydrogen) atoms. The molecule has 0 bridgehead atoms. The molecule has 0 amide bonds. The zero-order valence-electron chi connectivity index (χ0n) is 19.3. The molecule has 2 N–H and O–H groups in total. The summed E-state index contributed by atoms with van der Waals surface area (Å²) in [5, 5.41) is 4.78. The van der Waals surface area contributed by atoms with Crippen LogP contribution in [0.2, 0.25) is 0 Å². The van der Waals surface area contributed by atoms with Crippen molar-refractivity contribution < 1.29 is 4.39 Å². The van der Waals surface area contributed by atoms with E-state index in [2.05, 4.69) is 63.1 Å². The molecule has 5 rings (SSSR count). The van der Waals surface area contributed by atoms with E-state index in [1.807, 2.05) is 12.3 Å². The summed E-state index contributed by atoms with van der Waals surface area (Å²) < 4.78 is 12.8. The van der Waals surface area contributed by atoms with Gasteiger partial charge in [0.25, 0.3) is 0 Å². The normalized spacial score (nSPS) is 21.4. The van der Waals surface area contributed by atoms with Gasteiger partial charge in [0.15, 0.2) is 0 Å². The molecular weight excluding hydrogens is 413 g/mol. The largest absolute Gasteiger partial charge is 0.369 e. The van der Waals surface area contributed by atoms with Crippen molar-refractivity contribution in [2.24, 2.45) is 5.92 Å². The van der Waals surface area contributed by atoms with E-state index in [1.165, 1.54) is 27.7 Å². The Morgan fingerprint density at radius 2 is 2.09 bits per heavy atom. The van der Waals surface area contributed by atoms with Gasteiger partial charge in [0, 0.05) is 61.4 Å². The van der Waals surface area contributed by atoms with Crippen LogP contribution in [-0.4, -0.2) is 65.7 Å². The fourth-order valence-electron chi connectivity index (χ4n) is 5.42. The minimum atomic E-state index is -0.198. The predicted molar refractivity (Wildman–Crippen MR) is 133 cm³/mol. The van der Waals surface area contributed by atoms with Crippen molar-refractivity contribution in [2.45, 2.75) is 25.3 Å². The number of hydrogen-bond donors (Lipinski definition) is 2. The summed E-state index contributed by atoms with van der Waals surface area (Å²) >= 11 is 0. The fraction of sp³-hybridized carbons (Fsp3) is 0.444. The minimum Gasteiger partial charge on any atom is -0.369 e. The third-order valence-corrected chi connectivity index (χ3v) is 7.18. The molecule has 0 radical (unpaired) electrons. The van der Waals surface area contributed by atoms with E-state index in [0.717, 1.165) is 64.3 Å². The lowest BCUT2D eigenvalue weighted by Crippen LogP contribution is -2.36. The van der Waals surface area contributed by atoms with E-state index < -0.39 is 0 Å². The lowest BCUT2D eigenvalue weighted by atomic mass is 9.93. The second kappa shape index (κ2) is 10.1. The highest BCUT2D eigenvalue weighted by Crippen LogP contribution is 2.38. The van der Waals surface area contributed by atoms with Gasteiger partial charge in [-0.05, 0) is 49.1 Å². The molecule has 0 aliphatic carbocycles. The quantitative estimate of drug-likeness (QED) is 0.463. The van der Waals surface area contributed by atoms with Crippen LogP contribution in [0.3, 0.4) is 0 Å². The highest BCUT2D eigenvalue weighted by molar-refractivity contribution is 5.85. The Balaban J connectivity index is 1.31. The van der Waals surface area contributed by atoms with Crippen molar-refractivity contribution in [2.75, 3.05) is 51.3 Å². The van der Waals surface area contributed by atoms with Crippen LogP contribution in [0.1, 0.15) is 35.7 Å². The van der Waals surface area contributed by atoms with Crippen LogP contribution < -0.4 is 5.32 Å². The van der Waals surface area contributed by atoms with E-state index >= 15 is 0 Å². The Hall–Kier alpha value is -2.70. The molecule has 174 valence electrons. The van der Waals surface area contributed by atoms with E-state index in [-0.39, 0.29) is 18.6 Å². The number of pyridine rings is 1. The van der Waals surface area contributed by atoms with Crippen molar-refractivity contribution >= 4 is 16.7 Å². The average molecular weight is 448 g/mol. The number of hydrogen-bond acceptors (Lipinski definition) is 4. The molecule has 1 saturated heterocycles. The number of aromatic nitrogens is 2. The highest BCUT2D eigenvalue weighted by atomic mass is 19.1. The smallest absolute Gasteiger partial charge is 0.125 e. The Labute approximate surface area is 195 Å². The first-order valence-corrected chi connectivity index (χ1v) is 12.2. The van der Waals surface area contributed by atoms with Crippen molar-refractivity contribution in [1.29, 1.82) is 0 Å². The molecule has 5 nitrogen and oxygen atoms in total. The molecule has 0 saturated carbocycles. The number of likely N-dealkylation sites (tertiary alicyclic amines) is 1. The Morgan fingerprint density at radius 1 is 1.18 bits per heavy atom. The molecule has 2 aromatic heterocycles. The second-order valence-corrected chi connectivity index (χ2v) is 9.34. The summed E-state index contributed by atoms with van der Waals surface area (Å²) in [5.74, 6) is 1.11. The van der Waals surface area contributed by atoms with E-state index in [4.69, 9.17) is 4.98 Å². The summed E-state index contributed by atoms with van der Waals surface area (Å²) in [6.07, 6.45) is 7.02. The lowest BCUT2D eigenvalue weighted by molar-refractivity contribution is 0.214. The number of aromatic amines is 1. The van der Waals surface area contributed by atoms with Crippen molar-refractivity contribution in [3.8, 4) is 0 Å². The average Bonchev–Trinajstić information content (AvgIpc) is 3.47. The summed E-state index contributed by atoms with van der Waals surface area (Å²) in [6, 6.07) is 13.1. The first-order valence-electron chi connectivity index (χ1n) is 12.2. The van der Waals surface area contributed by atoms with Crippen molar-refractivity contribution in [3.05, 3.63) is 72.1 Å². The van der Waals surface area contributed by atoms with Crippen LogP contribution >= 0.6 is 0 Å². The number of alkyl halides is 1. The molecule has 2 aliphatic rings. The van der Waals surface area contributed by atoms with Crippen LogP contribution in [0.4, 0.5) is 10.2 Å². The molecule has 2 atom stereocenters. The number of nitrogens with zero attached hydrogens (tertiary/aromatic N) is 3. The maximum Gasteiger partial charge on any atom is 0.125 e. The van der Waals surface area contributed by atoms with Crippen LogP contribution in [0.25, 0.3) is 10.9 Å². The lowest BCUT2D eigenvalue weighted by Gasteiger charge is -2.36. The van der Waals surface area contributed by atoms with Crippen molar-refractivity contribution in [3.63, 3.8) is 0 Å². The van der Waals surface area contributed by atoms with E-state index in [1.54, 1.807) is 0 Å². The number of halogens is 1. The zero-order valence-corrected chi connectivity index (χ0v) is 19.3. The van der Waals surface area contributed by atoms with Gasteiger partial charge in [0.1, 0.15) is 5.82 Å². The monoisotopic (exact) mass is 447 g/mol. The van der Waals surface area contributed by atoms with E-state index in [9.17, 15) is 4.39 Å². The SMILES string of the molecule is C=CCCN1CCc2c([nH]c3ccccc23)[C@H]1c1ccc(NCCN2CCC(CF)C2)nc1. The molecule has 1 aromatic carbocycles. The molecule has 4 heterocycles. The Kier molecular flexibility index (Phi) is 6.74. The van der Waals surface area contributed by atoms with Gasteiger partial charge in [0.05, 0.1) is 12.7 Å². The number of nitrogens with one attached hydrogen (secondary N) is 2. The van der Waals surface area contributed by atoms with Crippen LogP contribution in [-0.2, 0) is 6.42 Å². The van der Waals surface area contributed by atoms with Crippen molar-refractivity contribution in [1.82, 2.24) is 19.8 Å². The van der Waals surface area contributed by atoms with Gasteiger partial charge < -0.3 is 15.2 Å². The molecule has 3 aromatic rings. The molecule has 1 fully saturated rings. The van der Waals surface area contributed by atoms with Gasteiger partial charge in [0.2, 0.25) is 0 Å². The standard InChI is InChI=1S/C27H34FN5/c1-2-3-13-33-15-11-23-22-6-4-5-7-24(22)31-26(23)27(33)21-8-9-25(30-18-21)29-12-16-32-14-10-20(17-28)19-32/h2,4-9,18,20,27,31H,1,3,10-17,19H2,(H,29,30)/t20?,27-/m1/s1. The van der Waals surface area contributed by atoms with Crippen LogP contribution in [0.5, 0.6) is 0 Å². The molecule has 0 spiro atoms. The summed E-state index contributed by atoms with van der Waals surface area (Å²) in [6.45, 7) is 9.36. The number of H-pyrrole nitrogens is 1. The van der Waals surface area contributed by atoms with Crippen LogP contribution in [0, 0.1) is 5.92 Å². The third-order valence-electron chi connectivity index (χ3n) is 7.18. The second-order valence-electron chi connectivity index (χ2n) is 9.34. The number of fused-ring (bicyclic) bond motifs is 3. The summed E-state index contributed by atoms with van der Waals surface area (Å²) in [4.78, 5) is 13.3. The molecule has 2 aliphatic heterocycles.